The van der Waals surface area contributed by atoms with Crippen LogP contribution in [0.1, 0.15) is 43.2 Å². The van der Waals surface area contributed by atoms with Gasteiger partial charge in [0.1, 0.15) is 0 Å². The van der Waals surface area contributed by atoms with Gasteiger partial charge in [-0.05, 0) is 36.9 Å². The Morgan fingerprint density at radius 2 is 2.17 bits per heavy atom. The van der Waals surface area contributed by atoms with Gasteiger partial charge in [-0.2, -0.15) is 13.2 Å². The zero-order valence-corrected chi connectivity index (χ0v) is 13.8. The van der Waals surface area contributed by atoms with E-state index in [9.17, 15) is 18.0 Å². The number of hydrogen-bond donors (Lipinski definition) is 2. The van der Waals surface area contributed by atoms with Crippen molar-refractivity contribution >= 4 is 18.3 Å². The highest BCUT2D eigenvalue weighted by Crippen LogP contribution is 2.31. The Morgan fingerprint density at radius 3 is 2.78 bits per heavy atom. The van der Waals surface area contributed by atoms with Crippen LogP contribution >= 0.6 is 12.4 Å². The van der Waals surface area contributed by atoms with E-state index in [1.807, 2.05) is 0 Å². The normalized spacial score (nSPS) is 19.6. The molecule has 0 aromatic heterocycles. The summed E-state index contributed by atoms with van der Waals surface area (Å²) >= 11 is 0. The predicted octanol–water partition coefficient (Wildman–Crippen LogP) is 3.49. The molecule has 2 atom stereocenters. The van der Waals surface area contributed by atoms with Gasteiger partial charge in [0.25, 0.3) is 0 Å². The lowest BCUT2D eigenvalue weighted by molar-refractivity contribution is -0.137. The fourth-order valence-corrected chi connectivity index (χ4v) is 2.68. The van der Waals surface area contributed by atoms with Crippen molar-refractivity contribution in [2.24, 2.45) is 0 Å². The Bertz CT molecular complexity index is 516. The molecule has 1 aromatic rings. The minimum atomic E-state index is -4.36. The van der Waals surface area contributed by atoms with Crippen molar-refractivity contribution in [3.05, 3.63) is 35.4 Å². The topological polar surface area (TPSA) is 41.1 Å². The van der Waals surface area contributed by atoms with Gasteiger partial charge in [-0.25, -0.2) is 0 Å². The summed E-state index contributed by atoms with van der Waals surface area (Å²) in [7, 11) is 0. The molecule has 0 radical (unpaired) electrons. The Labute approximate surface area is 140 Å². The summed E-state index contributed by atoms with van der Waals surface area (Å²) in [5, 5.41) is 6.15. The highest BCUT2D eigenvalue weighted by Gasteiger charge is 2.30. The van der Waals surface area contributed by atoms with Crippen LogP contribution in [0.2, 0.25) is 0 Å². The number of nitrogens with one attached hydrogen (secondary N) is 2. The summed E-state index contributed by atoms with van der Waals surface area (Å²) < 4.78 is 38.1. The molecule has 23 heavy (non-hydrogen) atoms. The lowest BCUT2D eigenvalue weighted by atomic mass is 9.95. The van der Waals surface area contributed by atoms with Crippen LogP contribution in [0.25, 0.3) is 0 Å². The second kappa shape index (κ2) is 8.55. The number of carbonyl (C=O) groups excluding carboxylic acids is 1. The van der Waals surface area contributed by atoms with Crippen molar-refractivity contribution < 1.29 is 18.0 Å². The molecule has 1 aliphatic rings. The molecule has 2 unspecified atom stereocenters. The van der Waals surface area contributed by atoms with E-state index in [4.69, 9.17) is 0 Å². The number of alkyl halides is 3. The van der Waals surface area contributed by atoms with Crippen LogP contribution in [0, 0.1) is 0 Å². The number of hydrogen-bond acceptors (Lipinski definition) is 2. The average molecular weight is 351 g/mol. The number of rotatable bonds is 4. The first kappa shape index (κ1) is 19.8. The highest BCUT2D eigenvalue weighted by atomic mass is 35.5. The van der Waals surface area contributed by atoms with Crippen molar-refractivity contribution in [1.82, 2.24) is 10.6 Å². The Morgan fingerprint density at radius 1 is 1.43 bits per heavy atom. The third kappa shape index (κ3) is 6.03. The first-order valence-corrected chi connectivity index (χ1v) is 7.53. The molecular weight excluding hydrogens is 329 g/mol. The maximum absolute atomic E-state index is 12.7. The molecule has 1 amide bonds. The summed E-state index contributed by atoms with van der Waals surface area (Å²) in [6, 6.07) is 5.31. The summed E-state index contributed by atoms with van der Waals surface area (Å²) in [6.07, 6.45) is -2.20. The smallest absolute Gasteiger partial charge is 0.352 e. The SMILES string of the molecule is CC(CC(=O)NC1CCCNC1)c1cccc(C(F)(F)F)c1.Cl. The Hall–Kier alpha value is -1.27. The Balaban J connectivity index is 0.00000264. The summed E-state index contributed by atoms with van der Waals surface area (Å²) in [5.41, 5.74) is -0.138. The molecule has 1 aromatic carbocycles. The lowest BCUT2D eigenvalue weighted by Gasteiger charge is -2.24. The van der Waals surface area contributed by atoms with E-state index in [0.717, 1.165) is 38.1 Å². The van der Waals surface area contributed by atoms with E-state index in [2.05, 4.69) is 10.6 Å². The second-order valence-corrected chi connectivity index (χ2v) is 5.84. The summed E-state index contributed by atoms with van der Waals surface area (Å²) in [4.78, 5) is 12.0. The van der Waals surface area contributed by atoms with Gasteiger partial charge in [0.05, 0.1) is 5.56 Å². The maximum atomic E-state index is 12.7. The molecule has 2 rings (SSSR count). The first-order valence-electron chi connectivity index (χ1n) is 7.53. The van der Waals surface area contributed by atoms with Crippen LogP contribution in [0.3, 0.4) is 0 Å². The number of halogens is 4. The fraction of sp³-hybridized carbons (Fsp3) is 0.562. The van der Waals surface area contributed by atoms with Crippen molar-refractivity contribution in [1.29, 1.82) is 0 Å². The quantitative estimate of drug-likeness (QED) is 0.872. The predicted molar refractivity (Wildman–Crippen MR) is 85.8 cm³/mol. The minimum absolute atomic E-state index is 0. The average Bonchev–Trinajstić information content (AvgIpc) is 2.47. The van der Waals surface area contributed by atoms with Crippen LogP contribution in [-0.2, 0) is 11.0 Å². The summed E-state index contributed by atoms with van der Waals surface area (Å²) in [5.74, 6) is -0.363. The zero-order valence-electron chi connectivity index (χ0n) is 13.0. The van der Waals surface area contributed by atoms with Gasteiger partial charge in [0, 0.05) is 19.0 Å². The fourth-order valence-electron chi connectivity index (χ4n) is 2.68. The van der Waals surface area contributed by atoms with Gasteiger partial charge in [0.2, 0.25) is 5.91 Å². The Kier molecular flexibility index (Phi) is 7.35. The van der Waals surface area contributed by atoms with Gasteiger partial charge >= 0.3 is 6.18 Å². The highest BCUT2D eigenvalue weighted by molar-refractivity contribution is 5.85. The zero-order chi connectivity index (χ0) is 16.2. The molecule has 1 saturated heterocycles. The lowest BCUT2D eigenvalue weighted by Crippen LogP contribution is -2.45. The van der Waals surface area contributed by atoms with E-state index in [1.54, 1.807) is 13.0 Å². The molecule has 0 bridgehead atoms. The molecule has 0 aliphatic carbocycles. The number of piperidine rings is 1. The monoisotopic (exact) mass is 350 g/mol. The molecule has 3 nitrogen and oxygen atoms in total. The van der Waals surface area contributed by atoms with E-state index in [-0.39, 0.29) is 36.7 Å². The third-order valence-corrected chi connectivity index (χ3v) is 3.94. The van der Waals surface area contributed by atoms with E-state index < -0.39 is 11.7 Å². The molecule has 130 valence electrons. The molecule has 0 saturated carbocycles. The maximum Gasteiger partial charge on any atom is 0.416 e. The van der Waals surface area contributed by atoms with Crippen LogP contribution in [0.5, 0.6) is 0 Å². The third-order valence-electron chi connectivity index (χ3n) is 3.94. The molecule has 1 fully saturated rings. The molecular formula is C16H22ClF3N2O. The van der Waals surface area contributed by atoms with Crippen LogP contribution in [0.4, 0.5) is 13.2 Å². The minimum Gasteiger partial charge on any atom is -0.352 e. The number of carbonyl (C=O) groups is 1. The van der Waals surface area contributed by atoms with Gasteiger partial charge in [-0.3, -0.25) is 4.79 Å². The second-order valence-electron chi connectivity index (χ2n) is 5.84. The standard InChI is InChI=1S/C16H21F3N2O.ClH/c1-11(8-15(22)21-14-6-3-7-20-10-14)12-4-2-5-13(9-12)16(17,18)19;/h2,4-5,9,11,14,20H,3,6-8,10H2,1H3,(H,21,22);1H. The van der Waals surface area contributed by atoms with Gasteiger partial charge < -0.3 is 10.6 Å². The molecule has 7 heteroatoms. The van der Waals surface area contributed by atoms with Gasteiger partial charge in [0.15, 0.2) is 0 Å². The molecule has 2 N–H and O–H groups in total. The number of benzene rings is 1. The van der Waals surface area contributed by atoms with Crippen molar-refractivity contribution in [2.75, 3.05) is 13.1 Å². The van der Waals surface area contributed by atoms with Crippen molar-refractivity contribution in [3.8, 4) is 0 Å². The molecule has 1 heterocycles. The van der Waals surface area contributed by atoms with Crippen molar-refractivity contribution in [3.63, 3.8) is 0 Å². The largest absolute Gasteiger partial charge is 0.416 e. The first-order chi connectivity index (χ1) is 10.4. The van der Waals surface area contributed by atoms with E-state index in [0.29, 0.717) is 5.56 Å². The molecule has 0 spiro atoms. The molecule has 1 aliphatic heterocycles. The van der Waals surface area contributed by atoms with Gasteiger partial charge in [-0.15, -0.1) is 12.4 Å². The van der Waals surface area contributed by atoms with Crippen LogP contribution in [-0.4, -0.2) is 25.0 Å². The van der Waals surface area contributed by atoms with Crippen LogP contribution in [0.15, 0.2) is 24.3 Å². The van der Waals surface area contributed by atoms with Gasteiger partial charge in [-0.1, -0.05) is 25.1 Å². The van der Waals surface area contributed by atoms with E-state index >= 15 is 0 Å². The summed E-state index contributed by atoms with van der Waals surface area (Å²) in [6.45, 7) is 3.49. The number of amides is 1. The van der Waals surface area contributed by atoms with Crippen LogP contribution < -0.4 is 10.6 Å². The van der Waals surface area contributed by atoms with Crippen molar-refractivity contribution in [2.45, 2.75) is 44.3 Å². The van der Waals surface area contributed by atoms with E-state index in [1.165, 1.54) is 6.07 Å².